The molecule has 0 bridgehead atoms. The molecule has 0 fully saturated rings. The van der Waals surface area contributed by atoms with E-state index >= 15 is 0 Å². The summed E-state index contributed by atoms with van der Waals surface area (Å²) in [4.78, 5) is 16.1. The number of fused-ring (bicyclic) bond motifs is 1. The zero-order chi connectivity index (χ0) is 14.0. The molecule has 0 aliphatic heterocycles. The zero-order valence-electron chi connectivity index (χ0n) is 11.2. The molecule has 2 rings (SSSR count). The highest BCUT2D eigenvalue weighted by atomic mass is 79.9. The molecule has 3 nitrogen and oxygen atoms in total. The number of halogens is 1. The lowest BCUT2D eigenvalue weighted by Crippen LogP contribution is -2.24. The summed E-state index contributed by atoms with van der Waals surface area (Å²) in [6.45, 7) is 5.60. The summed E-state index contributed by atoms with van der Waals surface area (Å²) in [5, 5.41) is 1.01. The molecule has 0 unspecified atom stereocenters. The molecule has 1 aromatic carbocycles. The number of esters is 1. The van der Waals surface area contributed by atoms with Gasteiger partial charge in [0.1, 0.15) is 5.60 Å². The minimum atomic E-state index is -0.446. The van der Waals surface area contributed by atoms with Crippen LogP contribution in [-0.4, -0.2) is 16.6 Å². The highest BCUT2D eigenvalue weighted by Gasteiger charge is 2.16. The van der Waals surface area contributed by atoms with Crippen molar-refractivity contribution >= 4 is 32.8 Å². The van der Waals surface area contributed by atoms with Gasteiger partial charge in [-0.05, 0) is 60.5 Å². The Morgan fingerprint density at radius 1 is 1.32 bits per heavy atom. The summed E-state index contributed by atoms with van der Waals surface area (Å²) >= 11 is 3.39. The van der Waals surface area contributed by atoms with Gasteiger partial charge in [-0.1, -0.05) is 6.07 Å². The lowest BCUT2D eigenvalue weighted by molar-refractivity contribution is -0.153. The molecular weight excluding hydrogens is 306 g/mol. The maximum absolute atomic E-state index is 11.8. The molecule has 0 aliphatic carbocycles. The first-order valence-corrected chi connectivity index (χ1v) is 6.89. The van der Waals surface area contributed by atoms with Gasteiger partial charge in [-0.15, -0.1) is 0 Å². The highest BCUT2D eigenvalue weighted by Crippen LogP contribution is 2.19. The van der Waals surface area contributed by atoms with E-state index in [-0.39, 0.29) is 12.4 Å². The number of carbonyl (C=O) groups excluding carboxylic acids is 1. The van der Waals surface area contributed by atoms with E-state index in [9.17, 15) is 4.79 Å². The van der Waals surface area contributed by atoms with Crippen molar-refractivity contribution < 1.29 is 9.53 Å². The monoisotopic (exact) mass is 321 g/mol. The van der Waals surface area contributed by atoms with Gasteiger partial charge < -0.3 is 4.74 Å². The molecular formula is C15H16BrNO2. The van der Waals surface area contributed by atoms with Crippen molar-refractivity contribution in [1.29, 1.82) is 0 Å². The van der Waals surface area contributed by atoms with E-state index in [2.05, 4.69) is 20.9 Å². The SMILES string of the molecule is CC(C)(C)OC(=O)Cc1ccc2ncc(Br)cc2c1. The Hall–Kier alpha value is -1.42. The molecule has 0 radical (unpaired) electrons. The second-order valence-corrected chi connectivity index (χ2v) is 6.36. The normalized spacial score (nSPS) is 11.6. The standard InChI is InChI=1S/C15H16BrNO2/c1-15(2,3)19-14(18)7-10-4-5-13-11(6-10)8-12(16)9-17-13/h4-6,8-9H,7H2,1-3H3. The van der Waals surface area contributed by atoms with Gasteiger partial charge in [0.2, 0.25) is 0 Å². The van der Waals surface area contributed by atoms with Gasteiger partial charge in [0.05, 0.1) is 11.9 Å². The summed E-state index contributed by atoms with van der Waals surface area (Å²) in [6, 6.07) is 7.78. The maximum Gasteiger partial charge on any atom is 0.310 e. The minimum Gasteiger partial charge on any atom is -0.460 e. The summed E-state index contributed by atoms with van der Waals surface area (Å²) in [5.41, 5.74) is 1.40. The smallest absolute Gasteiger partial charge is 0.310 e. The lowest BCUT2D eigenvalue weighted by atomic mass is 10.1. The van der Waals surface area contributed by atoms with Crippen molar-refractivity contribution in [2.24, 2.45) is 0 Å². The number of nitrogens with zero attached hydrogens (tertiary/aromatic N) is 1. The zero-order valence-corrected chi connectivity index (χ0v) is 12.8. The van der Waals surface area contributed by atoms with E-state index in [0.29, 0.717) is 0 Å². The minimum absolute atomic E-state index is 0.213. The Labute approximate surface area is 121 Å². The van der Waals surface area contributed by atoms with Crippen LogP contribution in [0.1, 0.15) is 26.3 Å². The fourth-order valence-corrected chi connectivity index (χ4v) is 2.16. The Morgan fingerprint density at radius 3 is 2.74 bits per heavy atom. The van der Waals surface area contributed by atoms with Crippen molar-refractivity contribution in [3.8, 4) is 0 Å². The van der Waals surface area contributed by atoms with E-state index in [0.717, 1.165) is 20.9 Å². The van der Waals surface area contributed by atoms with Crippen molar-refractivity contribution in [1.82, 2.24) is 4.98 Å². The topological polar surface area (TPSA) is 39.2 Å². The molecule has 100 valence electrons. The molecule has 0 aliphatic rings. The fraction of sp³-hybridized carbons (Fsp3) is 0.333. The molecule has 0 atom stereocenters. The Bertz CT molecular complexity index is 617. The molecule has 4 heteroatoms. The highest BCUT2D eigenvalue weighted by molar-refractivity contribution is 9.10. The van der Waals surface area contributed by atoms with Crippen LogP contribution < -0.4 is 0 Å². The van der Waals surface area contributed by atoms with Crippen LogP contribution in [0.3, 0.4) is 0 Å². The Balaban J connectivity index is 2.19. The molecule has 0 saturated heterocycles. The molecule has 1 heterocycles. The number of hydrogen-bond donors (Lipinski definition) is 0. The summed E-state index contributed by atoms with van der Waals surface area (Å²) in [7, 11) is 0. The van der Waals surface area contributed by atoms with Crippen molar-refractivity contribution in [2.45, 2.75) is 32.8 Å². The van der Waals surface area contributed by atoms with Gasteiger partial charge in [0.25, 0.3) is 0 Å². The molecule has 0 N–H and O–H groups in total. The van der Waals surface area contributed by atoms with Gasteiger partial charge >= 0.3 is 5.97 Å². The van der Waals surface area contributed by atoms with Gasteiger partial charge in [-0.2, -0.15) is 0 Å². The van der Waals surface area contributed by atoms with Crippen molar-refractivity contribution in [3.05, 3.63) is 40.5 Å². The van der Waals surface area contributed by atoms with Crippen LogP contribution in [0.4, 0.5) is 0 Å². The first-order chi connectivity index (χ1) is 8.83. The number of carbonyl (C=O) groups is 1. The average molecular weight is 322 g/mol. The van der Waals surface area contributed by atoms with Crippen molar-refractivity contribution in [2.75, 3.05) is 0 Å². The quantitative estimate of drug-likeness (QED) is 0.788. The van der Waals surface area contributed by atoms with E-state index in [1.54, 1.807) is 6.20 Å². The Morgan fingerprint density at radius 2 is 2.05 bits per heavy atom. The molecule has 0 saturated carbocycles. The van der Waals surface area contributed by atoms with E-state index in [4.69, 9.17) is 4.74 Å². The predicted octanol–water partition coefficient (Wildman–Crippen LogP) is 3.88. The molecule has 2 aromatic rings. The molecule has 0 amide bonds. The van der Waals surface area contributed by atoms with Crippen LogP contribution in [0.5, 0.6) is 0 Å². The third kappa shape index (κ3) is 4.03. The van der Waals surface area contributed by atoms with Crippen LogP contribution in [0.15, 0.2) is 34.9 Å². The van der Waals surface area contributed by atoms with Crippen LogP contribution in [0, 0.1) is 0 Å². The second-order valence-electron chi connectivity index (χ2n) is 5.44. The number of hydrogen-bond acceptors (Lipinski definition) is 3. The summed E-state index contributed by atoms with van der Waals surface area (Å²) < 4.78 is 6.24. The first kappa shape index (κ1) is 14.0. The fourth-order valence-electron chi connectivity index (χ4n) is 1.81. The van der Waals surface area contributed by atoms with Crippen LogP contribution in [0.2, 0.25) is 0 Å². The van der Waals surface area contributed by atoms with Crippen LogP contribution in [-0.2, 0) is 16.0 Å². The number of ether oxygens (including phenoxy) is 1. The van der Waals surface area contributed by atoms with E-state index in [1.807, 2.05) is 45.0 Å². The van der Waals surface area contributed by atoms with Gasteiger partial charge in [0.15, 0.2) is 0 Å². The predicted molar refractivity (Wildman–Crippen MR) is 79.0 cm³/mol. The molecule has 1 aromatic heterocycles. The van der Waals surface area contributed by atoms with Gasteiger partial charge in [-0.3, -0.25) is 9.78 Å². The average Bonchev–Trinajstić information content (AvgIpc) is 2.25. The van der Waals surface area contributed by atoms with E-state index in [1.165, 1.54) is 0 Å². The third-order valence-corrected chi connectivity index (χ3v) is 2.91. The van der Waals surface area contributed by atoms with Crippen LogP contribution >= 0.6 is 15.9 Å². The Kier molecular flexibility index (Phi) is 3.90. The third-order valence-electron chi connectivity index (χ3n) is 2.48. The maximum atomic E-state index is 11.8. The number of rotatable bonds is 2. The molecule has 19 heavy (non-hydrogen) atoms. The van der Waals surface area contributed by atoms with Crippen molar-refractivity contribution in [3.63, 3.8) is 0 Å². The summed E-state index contributed by atoms with van der Waals surface area (Å²) in [5.74, 6) is -0.213. The lowest BCUT2D eigenvalue weighted by Gasteiger charge is -2.19. The second kappa shape index (κ2) is 5.29. The van der Waals surface area contributed by atoms with Gasteiger partial charge in [-0.25, -0.2) is 0 Å². The number of benzene rings is 1. The van der Waals surface area contributed by atoms with Gasteiger partial charge in [0, 0.05) is 16.1 Å². The van der Waals surface area contributed by atoms with E-state index < -0.39 is 5.60 Å². The molecule has 0 spiro atoms. The largest absolute Gasteiger partial charge is 0.460 e. The summed E-state index contributed by atoms with van der Waals surface area (Å²) in [6.07, 6.45) is 2.04. The number of aromatic nitrogens is 1. The van der Waals surface area contributed by atoms with Crippen LogP contribution in [0.25, 0.3) is 10.9 Å². The number of pyridine rings is 1. The first-order valence-electron chi connectivity index (χ1n) is 6.09.